The number of amides is 1. The van der Waals surface area contributed by atoms with E-state index in [0.717, 1.165) is 40.0 Å². The summed E-state index contributed by atoms with van der Waals surface area (Å²) in [7, 11) is 0. The quantitative estimate of drug-likeness (QED) is 0.333. The first kappa shape index (κ1) is 22.8. The number of thiophene rings is 1. The number of hydrogen-bond donors (Lipinski definition) is 3. The second-order valence-electron chi connectivity index (χ2n) is 8.67. The van der Waals surface area contributed by atoms with Crippen LogP contribution in [0, 0.1) is 6.92 Å². The fourth-order valence-electron chi connectivity index (χ4n) is 4.19. The molecule has 0 saturated heterocycles. The van der Waals surface area contributed by atoms with Crippen LogP contribution in [0.25, 0.3) is 21.0 Å². The minimum atomic E-state index is -0.314. The Morgan fingerprint density at radius 2 is 2.09 bits per heavy atom. The minimum Gasteiger partial charge on any atom is -0.494 e. The fourth-order valence-corrected chi connectivity index (χ4v) is 5.09. The van der Waals surface area contributed by atoms with Crippen molar-refractivity contribution >= 4 is 55.6 Å². The van der Waals surface area contributed by atoms with Gasteiger partial charge in [-0.25, -0.2) is 15.0 Å². The number of carbonyl (C=O) groups excluding carboxylic acids is 1. The van der Waals surface area contributed by atoms with Gasteiger partial charge in [-0.15, -0.1) is 11.3 Å². The molecule has 1 amide bonds. The number of pyridine rings is 1. The number of nitrogens with zero attached hydrogens (tertiary/aromatic N) is 3. The van der Waals surface area contributed by atoms with Crippen molar-refractivity contribution in [1.82, 2.24) is 15.0 Å². The van der Waals surface area contributed by atoms with Crippen LogP contribution in [-0.4, -0.2) is 33.0 Å². The highest BCUT2D eigenvalue weighted by Crippen LogP contribution is 2.35. The van der Waals surface area contributed by atoms with Crippen LogP contribution in [0.5, 0.6) is 0 Å². The number of benzene rings is 1. The molecule has 3 aromatic heterocycles. The van der Waals surface area contributed by atoms with E-state index in [4.69, 9.17) is 10.5 Å². The summed E-state index contributed by atoms with van der Waals surface area (Å²) in [5.41, 5.74) is 8.34. The van der Waals surface area contributed by atoms with Crippen LogP contribution in [0.4, 0.5) is 17.3 Å². The highest BCUT2D eigenvalue weighted by Gasteiger charge is 2.25. The molecule has 1 unspecified atom stereocenters. The van der Waals surface area contributed by atoms with Crippen molar-refractivity contribution < 1.29 is 9.53 Å². The second kappa shape index (κ2) is 8.99. The number of hydrogen-bond acceptors (Lipinski definition) is 8. The predicted octanol–water partition coefficient (Wildman–Crippen LogP) is 5.43. The Morgan fingerprint density at radius 1 is 1.23 bits per heavy atom. The molecule has 8 nitrogen and oxygen atoms in total. The predicted molar refractivity (Wildman–Crippen MR) is 142 cm³/mol. The Balaban J connectivity index is 1.47. The lowest BCUT2D eigenvalue weighted by Crippen LogP contribution is -2.33. The molecule has 9 heteroatoms. The second-order valence-corrected chi connectivity index (χ2v) is 9.55. The maximum Gasteiger partial charge on any atom is 0.258 e. The van der Waals surface area contributed by atoms with Gasteiger partial charge >= 0.3 is 0 Å². The van der Waals surface area contributed by atoms with Gasteiger partial charge in [-0.2, -0.15) is 0 Å². The zero-order chi connectivity index (χ0) is 24.6. The van der Waals surface area contributed by atoms with Crippen LogP contribution < -0.4 is 16.4 Å². The van der Waals surface area contributed by atoms with Gasteiger partial charge in [0.25, 0.3) is 5.91 Å². The van der Waals surface area contributed by atoms with Gasteiger partial charge in [-0.1, -0.05) is 18.2 Å². The number of carbonyl (C=O) groups is 1. The molecular weight excluding hydrogens is 460 g/mol. The Labute approximate surface area is 206 Å². The van der Waals surface area contributed by atoms with Crippen molar-refractivity contribution in [2.75, 3.05) is 23.0 Å². The summed E-state index contributed by atoms with van der Waals surface area (Å²) in [6.07, 6.45) is 10.1. The lowest BCUT2D eigenvalue weighted by atomic mass is 9.92. The number of aryl methyl sites for hydroxylation is 1. The van der Waals surface area contributed by atoms with Crippen LogP contribution in [0.15, 0.2) is 60.1 Å². The number of fused-ring (bicyclic) bond motifs is 2. The van der Waals surface area contributed by atoms with Gasteiger partial charge in [0, 0.05) is 22.3 Å². The van der Waals surface area contributed by atoms with E-state index in [-0.39, 0.29) is 11.4 Å². The Kier molecular flexibility index (Phi) is 5.86. The number of allylic oxidation sites excluding steroid dienone is 1. The van der Waals surface area contributed by atoms with E-state index in [1.807, 2.05) is 38.1 Å². The van der Waals surface area contributed by atoms with Crippen molar-refractivity contribution in [1.29, 1.82) is 0 Å². The molecule has 5 rings (SSSR count). The first-order chi connectivity index (χ1) is 16.9. The summed E-state index contributed by atoms with van der Waals surface area (Å²) in [5.74, 6) is 1.76. The summed E-state index contributed by atoms with van der Waals surface area (Å²) >= 11 is 1.36. The van der Waals surface area contributed by atoms with Gasteiger partial charge in [-0.05, 0) is 51.0 Å². The highest BCUT2D eigenvalue weighted by molar-refractivity contribution is 7.18. The molecule has 178 valence electrons. The third-order valence-electron chi connectivity index (χ3n) is 6.08. The van der Waals surface area contributed by atoms with E-state index in [0.29, 0.717) is 28.2 Å². The molecule has 0 radical (unpaired) electrons. The van der Waals surface area contributed by atoms with Gasteiger partial charge in [0.1, 0.15) is 23.7 Å². The third kappa shape index (κ3) is 4.30. The molecule has 1 atom stereocenters. The molecule has 1 aliphatic rings. The average Bonchev–Trinajstić information content (AvgIpc) is 3.28. The molecule has 4 N–H and O–H groups in total. The topological polar surface area (TPSA) is 115 Å². The number of ether oxygens (including phenoxy) is 1. The van der Waals surface area contributed by atoms with Crippen LogP contribution in [0.2, 0.25) is 0 Å². The van der Waals surface area contributed by atoms with Gasteiger partial charge in [-0.3, -0.25) is 4.79 Å². The SMILES string of the molecule is CCOC1=CCC(C)(Nc2nccc3c(NC(=O)c4csc5c(N)ncnc45)c(C)ccc23)C=C1. The van der Waals surface area contributed by atoms with Crippen LogP contribution in [-0.2, 0) is 4.74 Å². The van der Waals surface area contributed by atoms with Gasteiger partial charge < -0.3 is 21.1 Å². The summed E-state index contributed by atoms with van der Waals surface area (Å²) < 4.78 is 6.31. The molecule has 1 aliphatic carbocycles. The number of nitrogens with two attached hydrogens (primary N) is 1. The standard InChI is InChI=1S/C26H26N6O2S/c1-4-34-16-7-10-26(3,11-8-16)32-24-18-6-5-15(2)20(17(18)9-12-28-24)31-25(33)19-13-35-22-21(19)29-14-30-23(22)27/h5-10,12-14H,4,11H2,1-3H3,(H,28,32)(H,31,33)(H2,27,29,30). The van der Waals surface area contributed by atoms with E-state index in [1.54, 1.807) is 11.6 Å². The molecule has 0 saturated carbocycles. The molecule has 3 heterocycles. The van der Waals surface area contributed by atoms with E-state index in [2.05, 4.69) is 44.7 Å². The van der Waals surface area contributed by atoms with Crippen molar-refractivity contribution in [2.24, 2.45) is 0 Å². The van der Waals surface area contributed by atoms with E-state index in [9.17, 15) is 4.79 Å². The summed E-state index contributed by atoms with van der Waals surface area (Å²) in [6.45, 7) is 6.71. The van der Waals surface area contributed by atoms with Crippen molar-refractivity contribution in [3.63, 3.8) is 0 Å². The summed E-state index contributed by atoms with van der Waals surface area (Å²) in [4.78, 5) is 26.2. The molecule has 0 bridgehead atoms. The van der Waals surface area contributed by atoms with E-state index < -0.39 is 0 Å². The smallest absolute Gasteiger partial charge is 0.258 e. The molecule has 0 fully saturated rings. The largest absolute Gasteiger partial charge is 0.494 e. The zero-order valence-electron chi connectivity index (χ0n) is 19.8. The summed E-state index contributed by atoms with van der Waals surface area (Å²) in [5, 5.41) is 10.3. The Bertz CT molecular complexity index is 1510. The van der Waals surface area contributed by atoms with Crippen LogP contribution in [0.3, 0.4) is 0 Å². The molecule has 0 aliphatic heterocycles. The monoisotopic (exact) mass is 486 g/mol. The number of aromatic nitrogens is 3. The first-order valence-electron chi connectivity index (χ1n) is 11.4. The number of rotatable bonds is 6. The number of nitrogen functional groups attached to an aromatic ring is 1. The van der Waals surface area contributed by atoms with Crippen molar-refractivity contribution in [3.8, 4) is 0 Å². The molecular formula is C26H26N6O2S. The Hall–Kier alpha value is -3.98. The number of nitrogens with one attached hydrogen (secondary N) is 2. The van der Waals surface area contributed by atoms with E-state index >= 15 is 0 Å². The lowest BCUT2D eigenvalue weighted by Gasteiger charge is -2.30. The highest BCUT2D eigenvalue weighted by atomic mass is 32.1. The maximum atomic E-state index is 13.3. The van der Waals surface area contributed by atoms with Gasteiger partial charge in [0.2, 0.25) is 0 Å². The van der Waals surface area contributed by atoms with Crippen molar-refractivity contribution in [2.45, 2.75) is 32.7 Å². The first-order valence-corrected chi connectivity index (χ1v) is 12.2. The van der Waals surface area contributed by atoms with Crippen LogP contribution in [0.1, 0.15) is 36.2 Å². The number of anilines is 3. The van der Waals surface area contributed by atoms with Crippen molar-refractivity contribution in [3.05, 3.63) is 71.2 Å². The average molecular weight is 487 g/mol. The Morgan fingerprint density at radius 3 is 2.86 bits per heavy atom. The molecule has 0 spiro atoms. The van der Waals surface area contributed by atoms with Gasteiger partial charge in [0.15, 0.2) is 0 Å². The lowest BCUT2D eigenvalue weighted by molar-refractivity contribution is 0.102. The fraction of sp³-hybridized carbons (Fsp3) is 0.231. The zero-order valence-corrected chi connectivity index (χ0v) is 20.6. The van der Waals surface area contributed by atoms with E-state index in [1.165, 1.54) is 17.7 Å². The van der Waals surface area contributed by atoms with Crippen LogP contribution >= 0.6 is 11.3 Å². The molecule has 35 heavy (non-hydrogen) atoms. The minimum absolute atomic E-state index is 0.243. The molecule has 4 aromatic rings. The third-order valence-corrected chi connectivity index (χ3v) is 7.07. The maximum absolute atomic E-state index is 13.3. The summed E-state index contributed by atoms with van der Waals surface area (Å²) in [6, 6.07) is 5.94. The molecule has 1 aromatic carbocycles. The normalized spacial score (nSPS) is 17.4. The van der Waals surface area contributed by atoms with Gasteiger partial charge in [0.05, 0.1) is 33.6 Å².